The summed E-state index contributed by atoms with van der Waals surface area (Å²) in [5.41, 5.74) is 0.276. The highest BCUT2D eigenvalue weighted by Gasteiger charge is 2.40. The highest BCUT2D eigenvalue weighted by atomic mass is 15.2. The maximum Gasteiger partial charge on any atom is 0.0882 e. The van der Waals surface area contributed by atoms with Gasteiger partial charge in [-0.3, -0.25) is 10.3 Å². The third-order valence-electron chi connectivity index (χ3n) is 1.61. The Bertz CT molecular complexity index is 126. The fourth-order valence-electron chi connectivity index (χ4n) is 0.939. The van der Waals surface area contributed by atoms with E-state index < -0.39 is 0 Å². The second kappa shape index (κ2) is 1.30. The van der Waals surface area contributed by atoms with Crippen LogP contribution in [0.25, 0.3) is 0 Å². The average Bonchev–Trinajstić information content (AvgIpc) is 2.52. The minimum absolute atomic E-state index is 0.276. The van der Waals surface area contributed by atoms with E-state index in [0.717, 1.165) is 19.8 Å². The van der Waals surface area contributed by atoms with Crippen LogP contribution in [0.3, 0.4) is 0 Å². The van der Waals surface area contributed by atoms with Crippen LogP contribution in [0.5, 0.6) is 0 Å². The number of hydrogen-bond acceptors (Lipinski definition) is 3. The topological polar surface area (TPSA) is 46.3 Å². The van der Waals surface area contributed by atoms with E-state index in [-0.39, 0.29) is 5.54 Å². The predicted molar refractivity (Wildman–Crippen MR) is 32.1 cm³/mol. The van der Waals surface area contributed by atoms with E-state index in [1.54, 1.807) is 0 Å². The van der Waals surface area contributed by atoms with Crippen molar-refractivity contribution in [2.75, 3.05) is 19.8 Å². The van der Waals surface area contributed by atoms with Crippen LogP contribution in [-0.2, 0) is 0 Å². The molecule has 0 radical (unpaired) electrons. The van der Waals surface area contributed by atoms with E-state index in [9.17, 15) is 0 Å². The molecule has 1 saturated heterocycles. The Balaban J connectivity index is 2.13. The summed E-state index contributed by atoms with van der Waals surface area (Å²) in [6, 6.07) is 0. The van der Waals surface area contributed by atoms with Crippen LogP contribution in [0, 0.1) is 0 Å². The summed E-state index contributed by atoms with van der Waals surface area (Å²) in [4.78, 5) is 4.09. The molecule has 0 bridgehead atoms. The van der Waals surface area contributed by atoms with Gasteiger partial charge in [0.25, 0.3) is 0 Å². The van der Waals surface area contributed by atoms with E-state index in [2.05, 4.69) is 15.6 Å². The lowest BCUT2D eigenvalue weighted by Gasteiger charge is -2.12. The molecule has 2 heterocycles. The monoisotopic (exact) mass is 111 g/mol. The maximum atomic E-state index is 4.09. The molecule has 3 heteroatoms. The standard InChI is InChI=1S/C5H9N3/c1-5(3-8-5)2-7-4-6-1/h1,7-8H,2-4H2. The van der Waals surface area contributed by atoms with Crippen molar-refractivity contribution < 1.29 is 0 Å². The van der Waals surface area contributed by atoms with Gasteiger partial charge in [0.15, 0.2) is 0 Å². The van der Waals surface area contributed by atoms with Crippen molar-refractivity contribution in [1.82, 2.24) is 10.6 Å². The highest BCUT2D eigenvalue weighted by molar-refractivity contribution is 5.75. The van der Waals surface area contributed by atoms with Crippen molar-refractivity contribution in [3.8, 4) is 0 Å². The predicted octanol–water partition coefficient (Wildman–Crippen LogP) is -1.04. The van der Waals surface area contributed by atoms with Gasteiger partial charge in [-0.25, -0.2) is 0 Å². The largest absolute Gasteiger partial charge is 0.302 e. The van der Waals surface area contributed by atoms with Gasteiger partial charge < -0.3 is 5.32 Å². The van der Waals surface area contributed by atoms with Crippen LogP contribution in [0.2, 0.25) is 0 Å². The summed E-state index contributed by atoms with van der Waals surface area (Å²) >= 11 is 0. The zero-order valence-electron chi connectivity index (χ0n) is 4.65. The first-order valence-electron chi connectivity index (χ1n) is 2.88. The van der Waals surface area contributed by atoms with Crippen molar-refractivity contribution in [3.63, 3.8) is 0 Å². The number of nitrogens with zero attached hydrogens (tertiary/aromatic N) is 1. The molecule has 0 aliphatic carbocycles. The summed E-state index contributed by atoms with van der Waals surface area (Å²) in [7, 11) is 0. The number of nitrogens with one attached hydrogen (secondary N) is 2. The fraction of sp³-hybridized carbons (Fsp3) is 0.800. The second-order valence-corrected chi connectivity index (χ2v) is 2.41. The van der Waals surface area contributed by atoms with Crippen molar-refractivity contribution in [1.29, 1.82) is 0 Å². The minimum Gasteiger partial charge on any atom is -0.302 e. The minimum atomic E-state index is 0.276. The van der Waals surface area contributed by atoms with Crippen molar-refractivity contribution in [2.24, 2.45) is 4.99 Å². The molecule has 2 N–H and O–H groups in total. The first kappa shape index (κ1) is 4.47. The molecule has 0 aromatic carbocycles. The Morgan fingerprint density at radius 2 is 2.38 bits per heavy atom. The molecule has 1 spiro atoms. The Morgan fingerprint density at radius 3 is 2.75 bits per heavy atom. The smallest absolute Gasteiger partial charge is 0.0882 e. The van der Waals surface area contributed by atoms with Crippen LogP contribution >= 0.6 is 0 Å². The zero-order chi connectivity index (χ0) is 5.45. The molecule has 2 rings (SSSR count). The van der Waals surface area contributed by atoms with Crippen molar-refractivity contribution >= 4 is 6.21 Å². The van der Waals surface area contributed by atoms with Crippen LogP contribution < -0.4 is 10.6 Å². The zero-order valence-corrected chi connectivity index (χ0v) is 4.65. The van der Waals surface area contributed by atoms with Crippen LogP contribution in [-0.4, -0.2) is 31.5 Å². The van der Waals surface area contributed by atoms with Crippen LogP contribution in [0.1, 0.15) is 0 Å². The summed E-state index contributed by atoms with van der Waals surface area (Å²) in [6.45, 7) is 2.95. The highest BCUT2D eigenvalue weighted by Crippen LogP contribution is 2.13. The quantitative estimate of drug-likeness (QED) is 0.392. The molecule has 1 atom stereocenters. The average molecular weight is 111 g/mol. The third-order valence-corrected chi connectivity index (χ3v) is 1.61. The second-order valence-electron chi connectivity index (χ2n) is 2.41. The first-order valence-corrected chi connectivity index (χ1v) is 2.88. The van der Waals surface area contributed by atoms with Gasteiger partial charge >= 0.3 is 0 Å². The molecular weight excluding hydrogens is 102 g/mol. The molecule has 2 aliphatic heterocycles. The van der Waals surface area contributed by atoms with Gasteiger partial charge in [0.2, 0.25) is 0 Å². The first-order chi connectivity index (χ1) is 3.91. The molecule has 2 aliphatic rings. The Hall–Kier alpha value is -0.410. The summed E-state index contributed by atoms with van der Waals surface area (Å²) in [5.74, 6) is 0. The van der Waals surface area contributed by atoms with Crippen LogP contribution in [0.15, 0.2) is 4.99 Å². The molecule has 0 aromatic rings. The SMILES string of the molecule is C1=NCNCC12CN2. The fourth-order valence-corrected chi connectivity index (χ4v) is 0.939. The van der Waals surface area contributed by atoms with Gasteiger partial charge in [-0.2, -0.15) is 0 Å². The van der Waals surface area contributed by atoms with E-state index >= 15 is 0 Å². The van der Waals surface area contributed by atoms with Gasteiger partial charge in [-0.1, -0.05) is 0 Å². The molecule has 1 unspecified atom stereocenters. The molecule has 0 saturated carbocycles. The van der Waals surface area contributed by atoms with Crippen molar-refractivity contribution in [3.05, 3.63) is 0 Å². The molecule has 0 amide bonds. The van der Waals surface area contributed by atoms with Crippen LogP contribution in [0.4, 0.5) is 0 Å². The summed E-state index contributed by atoms with van der Waals surface area (Å²) < 4.78 is 0. The van der Waals surface area contributed by atoms with E-state index in [0.29, 0.717) is 0 Å². The third kappa shape index (κ3) is 0.553. The molecular formula is C5H9N3. The van der Waals surface area contributed by atoms with E-state index in [1.165, 1.54) is 0 Å². The molecule has 8 heavy (non-hydrogen) atoms. The lowest BCUT2D eigenvalue weighted by molar-refractivity contribution is 0.625. The number of rotatable bonds is 0. The summed E-state index contributed by atoms with van der Waals surface area (Å²) in [6.07, 6.45) is 2.02. The Morgan fingerprint density at radius 1 is 1.50 bits per heavy atom. The Labute approximate surface area is 48.2 Å². The van der Waals surface area contributed by atoms with Gasteiger partial charge in [0, 0.05) is 19.3 Å². The Kier molecular flexibility index (Phi) is 0.725. The van der Waals surface area contributed by atoms with Gasteiger partial charge in [-0.05, 0) is 0 Å². The summed E-state index contributed by atoms with van der Waals surface area (Å²) in [5, 5.41) is 6.41. The molecule has 3 nitrogen and oxygen atoms in total. The molecule has 44 valence electrons. The number of aliphatic imine (C=N–C) groups is 1. The normalized spacial score (nSPS) is 43.0. The van der Waals surface area contributed by atoms with Gasteiger partial charge in [0.1, 0.15) is 0 Å². The van der Waals surface area contributed by atoms with Gasteiger partial charge in [0.05, 0.1) is 12.2 Å². The lowest BCUT2D eigenvalue weighted by Crippen LogP contribution is -2.37. The van der Waals surface area contributed by atoms with E-state index in [4.69, 9.17) is 0 Å². The lowest BCUT2D eigenvalue weighted by atomic mass is 10.2. The maximum absolute atomic E-state index is 4.09. The molecule has 1 fully saturated rings. The van der Waals surface area contributed by atoms with E-state index in [1.807, 2.05) is 6.21 Å². The van der Waals surface area contributed by atoms with Crippen molar-refractivity contribution in [2.45, 2.75) is 5.54 Å². The molecule has 0 aromatic heterocycles. The van der Waals surface area contributed by atoms with Gasteiger partial charge in [-0.15, -0.1) is 0 Å². The number of hydrogen-bond donors (Lipinski definition) is 2.